The summed E-state index contributed by atoms with van der Waals surface area (Å²) in [4.78, 5) is 45.1. The van der Waals surface area contributed by atoms with Gasteiger partial charge >= 0.3 is 6.09 Å². The number of benzene rings is 6. The lowest BCUT2D eigenvalue weighted by Gasteiger charge is -2.41. The Morgan fingerprint density at radius 2 is 1.38 bits per heavy atom. The van der Waals surface area contributed by atoms with E-state index in [1.165, 1.54) is 16.7 Å². The van der Waals surface area contributed by atoms with Gasteiger partial charge in [0.2, 0.25) is 5.91 Å². The molecule has 65 heavy (non-hydrogen) atoms. The molecule has 9 rings (SSSR count). The minimum absolute atomic E-state index is 0.0484. The number of nitrogens with one attached hydrogen (secondary N) is 1. The molecule has 5 atom stereocenters. The summed E-state index contributed by atoms with van der Waals surface area (Å²) >= 11 is 1.50. The van der Waals surface area contributed by atoms with Crippen LogP contribution in [0.3, 0.4) is 0 Å². The first-order valence-corrected chi connectivity index (χ1v) is 22.5. The van der Waals surface area contributed by atoms with Gasteiger partial charge in [-0.05, 0) is 45.5 Å². The predicted octanol–water partition coefficient (Wildman–Crippen LogP) is 10.3. The average molecular weight is 886 g/mol. The summed E-state index contributed by atoms with van der Waals surface area (Å²) < 4.78 is 25.4. The van der Waals surface area contributed by atoms with Crippen LogP contribution in [0.1, 0.15) is 53.6 Å². The van der Waals surface area contributed by atoms with Crippen LogP contribution in [0.25, 0.3) is 33.7 Å². The van der Waals surface area contributed by atoms with Crippen LogP contribution in [-0.4, -0.2) is 50.8 Å². The van der Waals surface area contributed by atoms with Crippen molar-refractivity contribution in [3.05, 3.63) is 192 Å². The molecule has 0 bridgehead atoms. The standard InChI is InChI=1S/C53H47N3O8S/c1-34-45(33-65-53-55-47(38-16-7-3-8-17-38)49(64-53)39-18-9-4-10-19-39)62-51(63-48(34)40-25-23-35(31-57)24-26-40)43-22-12-21-42(28-43)41-20-11-15-37(27-41)30-56-46(58)29-44(50(56)59)54-52(60)61-32-36-13-5-2-6-14-36/h2-28,34,44-45,48,51,57H,29-33H2,1H3,(H,54,60)/t34-,44?,45+,48+,51+/m0/s1. The Morgan fingerprint density at radius 3 is 2.11 bits per heavy atom. The van der Waals surface area contributed by atoms with E-state index in [1.807, 2.05) is 164 Å². The molecule has 0 saturated carbocycles. The summed E-state index contributed by atoms with van der Waals surface area (Å²) in [6, 6.07) is 51.7. The van der Waals surface area contributed by atoms with E-state index < -0.39 is 24.3 Å². The summed E-state index contributed by atoms with van der Waals surface area (Å²) in [7, 11) is 0. The van der Waals surface area contributed by atoms with Crippen molar-refractivity contribution in [2.75, 3.05) is 5.75 Å². The molecule has 6 aromatic carbocycles. The van der Waals surface area contributed by atoms with Crippen molar-refractivity contribution in [3.63, 3.8) is 0 Å². The zero-order valence-electron chi connectivity index (χ0n) is 35.6. The summed E-state index contributed by atoms with van der Waals surface area (Å²) in [5.74, 6) is 0.319. The van der Waals surface area contributed by atoms with Gasteiger partial charge in [-0.2, -0.15) is 0 Å². The molecule has 0 aliphatic carbocycles. The molecule has 2 aliphatic heterocycles. The van der Waals surface area contributed by atoms with Gasteiger partial charge in [-0.15, -0.1) is 0 Å². The smallest absolute Gasteiger partial charge is 0.408 e. The van der Waals surface area contributed by atoms with E-state index in [-0.39, 0.29) is 50.2 Å². The third kappa shape index (κ3) is 10.1. The highest BCUT2D eigenvalue weighted by molar-refractivity contribution is 7.99. The van der Waals surface area contributed by atoms with Crippen LogP contribution in [-0.2, 0) is 43.6 Å². The molecule has 0 spiro atoms. The van der Waals surface area contributed by atoms with Crippen LogP contribution in [0.4, 0.5) is 4.79 Å². The second-order valence-electron chi connectivity index (χ2n) is 16.1. The fraction of sp³-hybridized carbons (Fsp3) is 0.208. The molecule has 11 nitrogen and oxygen atoms in total. The number of aliphatic hydroxyl groups excluding tert-OH is 1. The van der Waals surface area contributed by atoms with Crippen LogP contribution in [0.15, 0.2) is 173 Å². The number of alkyl carbamates (subject to hydrolysis) is 1. The number of nitrogens with zero attached hydrogens (tertiary/aromatic N) is 2. The number of ether oxygens (including phenoxy) is 3. The number of oxazole rings is 1. The van der Waals surface area contributed by atoms with Crippen LogP contribution < -0.4 is 5.32 Å². The minimum Gasteiger partial charge on any atom is -0.445 e. The van der Waals surface area contributed by atoms with E-state index in [2.05, 4.69) is 12.2 Å². The molecule has 2 saturated heterocycles. The minimum atomic E-state index is -1.00. The number of hydrogen-bond acceptors (Lipinski definition) is 10. The maximum absolute atomic E-state index is 13.4. The number of thioether (sulfide) groups is 1. The molecule has 2 fully saturated rings. The van der Waals surface area contributed by atoms with Crippen LogP contribution in [0.2, 0.25) is 0 Å². The van der Waals surface area contributed by atoms with Crippen molar-refractivity contribution in [1.29, 1.82) is 0 Å². The fourth-order valence-electron chi connectivity index (χ4n) is 8.17. The molecule has 0 radical (unpaired) electrons. The number of rotatable bonds is 14. The Labute approximate surface area is 381 Å². The molecule has 2 aliphatic rings. The Balaban J connectivity index is 0.919. The van der Waals surface area contributed by atoms with Gasteiger partial charge in [0.15, 0.2) is 12.1 Å². The quantitative estimate of drug-likeness (QED) is 0.0801. The predicted molar refractivity (Wildman–Crippen MR) is 247 cm³/mol. The van der Waals surface area contributed by atoms with Crippen molar-refractivity contribution >= 4 is 29.7 Å². The fourth-order valence-corrected chi connectivity index (χ4v) is 9.16. The van der Waals surface area contributed by atoms with Crippen molar-refractivity contribution in [1.82, 2.24) is 15.2 Å². The summed E-state index contributed by atoms with van der Waals surface area (Å²) in [6.07, 6.45) is -2.24. The highest BCUT2D eigenvalue weighted by Gasteiger charge is 2.41. The van der Waals surface area contributed by atoms with Gasteiger partial charge in [-0.1, -0.05) is 170 Å². The summed E-state index contributed by atoms with van der Waals surface area (Å²) in [5, 5.41) is 12.9. The summed E-state index contributed by atoms with van der Waals surface area (Å²) in [6.45, 7) is 2.17. The van der Waals surface area contributed by atoms with Gasteiger partial charge < -0.3 is 29.1 Å². The maximum atomic E-state index is 13.4. The molecule has 1 aromatic heterocycles. The lowest BCUT2D eigenvalue weighted by Crippen LogP contribution is -2.41. The van der Waals surface area contributed by atoms with Crippen LogP contribution in [0, 0.1) is 5.92 Å². The number of likely N-dealkylation sites (tertiary alicyclic amines) is 1. The molecule has 328 valence electrons. The third-order valence-corrected chi connectivity index (χ3v) is 12.6. The SMILES string of the molecule is C[C@H]1[C@@H](CSc2nc(-c3ccccc3)c(-c3ccccc3)o2)O[C@@H](c2cccc(-c3cccc(CN4C(=O)CC(NC(=O)OCc5ccccc5)C4=O)c3)c2)O[C@H]1c1ccc(CO)cc1. The van der Waals surface area contributed by atoms with E-state index in [0.717, 1.165) is 55.8 Å². The number of hydrogen-bond donors (Lipinski definition) is 2. The Bertz CT molecular complexity index is 2690. The van der Waals surface area contributed by atoms with E-state index in [0.29, 0.717) is 16.7 Å². The number of carbonyl (C=O) groups is 3. The molecule has 1 unspecified atom stereocenters. The Morgan fingerprint density at radius 1 is 0.738 bits per heavy atom. The highest BCUT2D eigenvalue weighted by Crippen LogP contribution is 2.44. The number of carbonyl (C=O) groups excluding carboxylic acids is 3. The molecule has 2 N–H and O–H groups in total. The van der Waals surface area contributed by atoms with Crippen LogP contribution >= 0.6 is 11.8 Å². The van der Waals surface area contributed by atoms with E-state index >= 15 is 0 Å². The molecule has 7 aromatic rings. The van der Waals surface area contributed by atoms with Crippen molar-refractivity contribution in [2.24, 2.45) is 5.92 Å². The largest absolute Gasteiger partial charge is 0.445 e. The first kappa shape index (κ1) is 43.4. The zero-order chi connectivity index (χ0) is 44.7. The molecule has 3 amide bonds. The van der Waals surface area contributed by atoms with Gasteiger partial charge in [-0.3, -0.25) is 14.5 Å². The van der Waals surface area contributed by atoms with Gasteiger partial charge in [-0.25, -0.2) is 9.78 Å². The highest BCUT2D eigenvalue weighted by atomic mass is 32.2. The first-order chi connectivity index (χ1) is 31.8. The lowest BCUT2D eigenvalue weighted by atomic mass is 9.91. The van der Waals surface area contributed by atoms with E-state index in [9.17, 15) is 19.5 Å². The van der Waals surface area contributed by atoms with Gasteiger partial charge in [0, 0.05) is 28.4 Å². The molecular weight excluding hydrogens is 839 g/mol. The van der Waals surface area contributed by atoms with Gasteiger partial charge in [0.1, 0.15) is 18.3 Å². The molecular formula is C53H47N3O8S. The number of imide groups is 1. The third-order valence-electron chi connectivity index (χ3n) is 11.7. The van der Waals surface area contributed by atoms with Crippen molar-refractivity contribution in [3.8, 4) is 33.7 Å². The van der Waals surface area contributed by atoms with Crippen molar-refractivity contribution in [2.45, 2.75) is 62.9 Å². The number of aromatic nitrogens is 1. The lowest BCUT2D eigenvalue weighted by molar-refractivity contribution is -0.268. The van der Waals surface area contributed by atoms with Gasteiger partial charge in [0.25, 0.3) is 11.1 Å². The molecule has 3 heterocycles. The Hall–Kier alpha value is -6.83. The topological polar surface area (TPSA) is 140 Å². The summed E-state index contributed by atoms with van der Waals surface area (Å²) in [5.41, 5.74) is 8.62. The second-order valence-corrected chi connectivity index (χ2v) is 17.1. The maximum Gasteiger partial charge on any atom is 0.408 e. The van der Waals surface area contributed by atoms with E-state index in [4.69, 9.17) is 23.6 Å². The molecule has 12 heteroatoms. The average Bonchev–Trinajstić information content (AvgIpc) is 3.90. The van der Waals surface area contributed by atoms with Crippen molar-refractivity contribution < 1.29 is 38.1 Å². The van der Waals surface area contributed by atoms with Crippen LogP contribution in [0.5, 0.6) is 0 Å². The monoisotopic (exact) mass is 885 g/mol. The Kier molecular flexibility index (Phi) is 13.3. The zero-order valence-corrected chi connectivity index (χ0v) is 36.4. The van der Waals surface area contributed by atoms with Gasteiger partial charge in [0.05, 0.1) is 31.8 Å². The second kappa shape index (κ2) is 19.9. The first-order valence-electron chi connectivity index (χ1n) is 21.6. The number of aliphatic hydroxyl groups is 1. The number of amides is 3. The normalized spacial score (nSPS) is 19.6. The van der Waals surface area contributed by atoms with E-state index in [1.54, 1.807) is 0 Å².